The molecule has 21 heavy (non-hydrogen) atoms. The summed E-state index contributed by atoms with van der Waals surface area (Å²) < 4.78 is 5.27. The van der Waals surface area contributed by atoms with E-state index in [4.69, 9.17) is 9.84 Å². The first kappa shape index (κ1) is 17.7. The van der Waals surface area contributed by atoms with Crippen LogP contribution in [0.4, 0.5) is 4.79 Å². The van der Waals surface area contributed by atoms with Gasteiger partial charge in [-0.15, -0.1) is 0 Å². The van der Waals surface area contributed by atoms with E-state index < -0.39 is 17.9 Å². The number of urea groups is 1. The molecule has 0 aromatic carbocycles. The second kappa shape index (κ2) is 8.19. The molecule has 1 aliphatic heterocycles. The number of nitrogens with zero attached hydrogens (tertiary/aromatic N) is 2. The van der Waals surface area contributed by atoms with Crippen molar-refractivity contribution in [2.24, 2.45) is 5.92 Å². The summed E-state index contributed by atoms with van der Waals surface area (Å²) in [6.07, 6.45) is 0.736. The molecule has 1 rings (SSSR count). The van der Waals surface area contributed by atoms with Gasteiger partial charge in [0.05, 0.1) is 25.9 Å². The third-order valence-electron chi connectivity index (χ3n) is 3.69. The van der Waals surface area contributed by atoms with E-state index in [0.717, 1.165) is 6.42 Å². The van der Waals surface area contributed by atoms with Gasteiger partial charge in [0.15, 0.2) is 0 Å². The molecule has 0 spiro atoms. The molecule has 7 nitrogen and oxygen atoms in total. The van der Waals surface area contributed by atoms with Crippen LogP contribution in [0.25, 0.3) is 0 Å². The number of carboxylic acid groups (broad SMARTS) is 1. The average molecular weight is 302 g/mol. The van der Waals surface area contributed by atoms with Gasteiger partial charge in [-0.1, -0.05) is 6.92 Å². The van der Waals surface area contributed by atoms with Crippen molar-refractivity contribution in [1.82, 2.24) is 9.80 Å². The van der Waals surface area contributed by atoms with Gasteiger partial charge in [-0.25, -0.2) is 4.79 Å². The number of rotatable bonds is 7. The van der Waals surface area contributed by atoms with Gasteiger partial charge in [0.2, 0.25) is 0 Å². The van der Waals surface area contributed by atoms with Gasteiger partial charge in [-0.3, -0.25) is 4.79 Å². The van der Waals surface area contributed by atoms with Crippen molar-refractivity contribution in [3.63, 3.8) is 0 Å². The summed E-state index contributed by atoms with van der Waals surface area (Å²) in [5, 5.41) is 18.4. The molecule has 0 radical (unpaired) electrons. The van der Waals surface area contributed by atoms with E-state index in [1.54, 1.807) is 9.80 Å². The third-order valence-corrected chi connectivity index (χ3v) is 3.69. The highest BCUT2D eigenvalue weighted by Gasteiger charge is 2.41. The zero-order valence-electron chi connectivity index (χ0n) is 13.0. The van der Waals surface area contributed by atoms with Crippen LogP contribution in [0.5, 0.6) is 0 Å². The molecule has 0 aromatic heterocycles. The van der Waals surface area contributed by atoms with Gasteiger partial charge < -0.3 is 24.7 Å². The first-order chi connectivity index (χ1) is 9.93. The minimum Gasteiger partial charge on any atom is -0.481 e. The Morgan fingerprint density at radius 3 is 2.43 bits per heavy atom. The van der Waals surface area contributed by atoms with E-state index in [1.165, 1.54) is 0 Å². The molecule has 122 valence electrons. The number of ether oxygens (including phenoxy) is 1. The standard InChI is InChI=1S/C14H26N2O5/c1-4-5-16(12-9-21-8-11(12)13(18)19)14(20)15(6-7-17)10(2)3/h10-12,17H,4-9H2,1-3H3,(H,18,19). The van der Waals surface area contributed by atoms with E-state index in [9.17, 15) is 14.7 Å². The molecular weight excluding hydrogens is 276 g/mol. The smallest absolute Gasteiger partial charge is 0.320 e. The number of carboxylic acids is 1. The fourth-order valence-electron chi connectivity index (χ4n) is 2.58. The molecule has 0 aromatic rings. The summed E-state index contributed by atoms with van der Waals surface area (Å²) in [6.45, 7) is 6.66. The molecule has 0 aliphatic carbocycles. The number of hydrogen-bond acceptors (Lipinski definition) is 4. The summed E-state index contributed by atoms with van der Waals surface area (Å²) >= 11 is 0. The number of aliphatic carboxylic acids is 1. The lowest BCUT2D eigenvalue weighted by molar-refractivity contribution is -0.142. The molecule has 2 amide bonds. The molecule has 1 aliphatic rings. The summed E-state index contributed by atoms with van der Waals surface area (Å²) in [4.78, 5) is 27.2. The average Bonchev–Trinajstić information content (AvgIpc) is 2.90. The highest BCUT2D eigenvalue weighted by molar-refractivity contribution is 5.77. The van der Waals surface area contributed by atoms with Gasteiger partial charge in [0.1, 0.15) is 5.92 Å². The number of carbonyl (C=O) groups is 2. The Labute approximate surface area is 125 Å². The van der Waals surface area contributed by atoms with Crippen molar-refractivity contribution >= 4 is 12.0 Å². The van der Waals surface area contributed by atoms with Crippen molar-refractivity contribution in [2.45, 2.75) is 39.3 Å². The van der Waals surface area contributed by atoms with Crippen LogP contribution < -0.4 is 0 Å². The highest BCUT2D eigenvalue weighted by Crippen LogP contribution is 2.22. The molecule has 2 N–H and O–H groups in total. The lowest BCUT2D eigenvalue weighted by atomic mass is 10.0. The van der Waals surface area contributed by atoms with E-state index in [0.29, 0.717) is 6.54 Å². The first-order valence-electron chi connectivity index (χ1n) is 7.42. The lowest BCUT2D eigenvalue weighted by Crippen LogP contribution is -2.54. The number of hydrogen-bond donors (Lipinski definition) is 2. The van der Waals surface area contributed by atoms with Gasteiger partial charge >= 0.3 is 12.0 Å². The minimum absolute atomic E-state index is 0.0606. The maximum Gasteiger partial charge on any atom is 0.320 e. The van der Waals surface area contributed by atoms with Crippen LogP contribution >= 0.6 is 0 Å². The van der Waals surface area contributed by atoms with Gasteiger partial charge in [-0.2, -0.15) is 0 Å². The molecule has 1 heterocycles. The molecule has 1 fully saturated rings. The van der Waals surface area contributed by atoms with E-state index >= 15 is 0 Å². The molecule has 2 unspecified atom stereocenters. The summed E-state index contributed by atoms with van der Waals surface area (Å²) in [6, 6.07) is -0.743. The Hall–Kier alpha value is -1.34. The van der Waals surface area contributed by atoms with Gasteiger partial charge in [-0.05, 0) is 20.3 Å². The predicted octanol–water partition coefficient (Wildman–Crippen LogP) is 0.621. The van der Waals surface area contributed by atoms with E-state index in [-0.39, 0.29) is 38.4 Å². The first-order valence-corrected chi connectivity index (χ1v) is 7.42. The number of carbonyl (C=O) groups excluding carboxylic acids is 1. The van der Waals surface area contributed by atoms with Crippen LogP contribution in [0.2, 0.25) is 0 Å². The topological polar surface area (TPSA) is 90.3 Å². The van der Waals surface area contributed by atoms with Crippen molar-refractivity contribution in [2.75, 3.05) is 32.9 Å². The lowest BCUT2D eigenvalue weighted by Gasteiger charge is -2.36. The summed E-state index contributed by atoms with van der Waals surface area (Å²) in [5.41, 5.74) is 0. The minimum atomic E-state index is -0.940. The van der Waals surface area contributed by atoms with Crippen LogP contribution in [-0.4, -0.2) is 77.0 Å². The summed E-state index contributed by atoms with van der Waals surface area (Å²) in [7, 11) is 0. The number of aliphatic hydroxyl groups is 1. The molecule has 0 saturated carbocycles. The zero-order valence-corrected chi connectivity index (χ0v) is 13.0. The van der Waals surface area contributed by atoms with Crippen LogP contribution in [0.3, 0.4) is 0 Å². The monoisotopic (exact) mass is 302 g/mol. The quantitative estimate of drug-likeness (QED) is 0.719. The largest absolute Gasteiger partial charge is 0.481 e. The van der Waals surface area contributed by atoms with Gasteiger partial charge in [0, 0.05) is 19.1 Å². The highest BCUT2D eigenvalue weighted by atomic mass is 16.5. The molecular formula is C14H26N2O5. The van der Waals surface area contributed by atoms with Gasteiger partial charge in [0.25, 0.3) is 0 Å². The molecule has 2 atom stereocenters. The Balaban J connectivity index is 2.93. The van der Waals surface area contributed by atoms with Crippen LogP contribution in [0.15, 0.2) is 0 Å². The zero-order chi connectivity index (χ0) is 16.0. The van der Waals surface area contributed by atoms with E-state index in [2.05, 4.69) is 0 Å². The third kappa shape index (κ3) is 4.31. The number of amides is 2. The van der Waals surface area contributed by atoms with Crippen molar-refractivity contribution in [1.29, 1.82) is 0 Å². The fourth-order valence-corrected chi connectivity index (χ4v) is 2.58. The Morgan fingerprint density at radius 1 is 1.29 bits per heavy atom. The molecule has 0 bridgehead atoms. The molecule has 1 saturated heterocycles. The molecule has 7 heteroatoms. The summed E-state index contributed by atoms with van der Waals surface area (Å²) in [5.74, 6) is -1.63. The Morgan fingerprint density at radius 2 is 1.95 bits per heavy atom. The van der Waals surface area contributed by atoms with Crippen molar-refractivity contribution in [3.8, 4) is 0 Å². The van der Waals surface area contributed by atoms with Crippen LogP contribution in [-0.2, 0) is 9.53 Å². The van der Waals surface area contributed by atoms with E-state index in [1.807, 2.05) is 20.8 Å². The van der Waals surface area contributed by atoms with Crippen LogP contribution in [0.1, 0.15) is 27.2 Å². The fraction of sp³-hybridized carbons (Fsp3) is 0.857. The second-order valence-corrected chi connectivity index (χ2v) is 5.54. The Bertz CT molecular complexity index is 361. The Kier molecular flexibility index (Phi) is 6.91. The number of aliphatic hydroxyl groups excluding tert-OH is 1. The predicted molar refractivity (Wildman–Crippen MR) is 77.1 cm³/mol. The van der Waals surface area contributed by atoms with Crippen LogP contribution in [0, 0.1) is 5.92 Å². The second-order valence-electron chi connectivity index (χ2n) is 5.54. The SMILES string of the molecule is CCCN(C(=O)N(CCO)C(C)C)C1COCC1C(=O)O. The maximum absolute atomic E-state index is 12.7. The van der Waals surface area contributed by atoms with Crippen molar-refractivity contribution < 1.29 is 24.5 Å². The normalized spacial score (nSPS) is 21.6. The maximum atomic E-state index is 12.7. The van der Waals surface area contributed by atoms with Crippen molar-refractivity contribution in [3.05, 3.63) is 0 Å².